The molecule has 7 nitrogen and oxygen atoms in total. The summed E-state index contributed by atoms with van der Waals surface area (Å²) in [4.78, 5) is 16.6. The second-order valence-electron chi connectivity index (χ2n) is 5.80. The van der Waals surface area contributed by atoms with Crippen molar-refractivity contribution in [1.82, 2.24) is 20.1 Å². The van der Waals surface area contributed by atoms with Crippen LogP contribution in [0.1, 0.15) is 23.8 Å². The molecule has 1 amide bonds. The maximum absolute atomic E-state index is 12.3. The van der Waals surface area contributed by atoms with Gasteiger partial charge in [0.2, 0.25) is 0 Å². The Bertz CT molecular complexity index is 824. The number of carbonyl (C=O) groups excluding carboxylic acids is 1. The SMILES string of the molecule is Cn1cc(-c2nc(C(=O)NC3(C)CCS(=O)(=O)C3)cs2)cn1. The van der Waals surface area contributed by atoms with Crippen molar-refractivity contribution in [2.45, 2.75) is 18.9 Å². The van der Waals surface area contributed by atoms with Gasteiger partial charge in [-0.15, -0.1) is 11.3 Å². The average molecular weight is 340 g/mol. The van der Waals surface area contributed by atoms with E-state index in [0.29, 0.717) is 17.1 Å². The number of nitrogens with one attached hydrogen (secondary N) is 1. The molecule has 0 bridgehead atoms. The molecule has 3 heterocycles. The van der Waals surface area contributed by atoms with Crippen LogP contribution in [-0.4, -0.2) is 46.1 Å². The van der Waals surface area contributed by atoms with Gasteiger partial charge >= 0.3 is 0 Å². The van der Waals surface area contributed by atoms with E-state index >= 15 is 0 Å². The Labute approximate surface area is 132 Å². The predicted molar refractivity (Wildman–Crippen MR) is 83.5 cm³/mol. The first-order chi connectivity index (χ1) is 10.3. The number of hydrogen-bond donors (Lipinski definition) is 1. The summed E-state index contributed by atoms with van der Waals surface area (Å²) in [5.41, 5.74) is 0.434. The Morgan fingerprint density at radius 1 is 1.50 bits per heavy atom. The topological polar surface area (TPSA) is 94.0 Å². The van der Waals surface area contributed by atoms with Crippen LogP contribution in [0.5, 0.6) is 0 Å². The van der Waals surface area contributed by atoms with Crippen LogP contribution in [0.4, 0.5) is 0 Å². The van der Waals surface area contributed by atoms with Gasteiger partial charge in [-0.2, -0.15) is 5.10 Å². The van der Waals surface area contributed by atoms with E-state index in [2.05, 4.69) is 15.4 Å². The lowest BCUT2D eigenvalue weighted by molar-refractivity contribution is 0.0911. The third-order valence-corrected chi connectivity index (χ3v) is 6.40. The van der Waals surface area contributed by atoms with E-state index in [1.54, 1.807) is 23.2 Å². The van der Waals surface area contributed by atoms with E-state index in [-0.39, 0.29) is 17.4 Å². The number of aromatic nitrogens is 3. The molecule has 1 saturated heterocycles. The lowest BCUT2D eigenvalue weighted by Crippen LogP contribution is -2.47. The quantitative estimate of drug-likeness (QED) is 0.894. The van der Waals surface area contributed by atoms with Gasteiger partial charge < -0.3 is 5.32 Å². The highest BCUT2D eigenvalue weighted by Crippen LogP contribution is 2.25. The summed E-state index contributed by atoms with van der Waals surface area (Å²) in [5.74, 6) is -0.251. The van der Waals surface area contributed by atoms with E-state index in [0.717, 1.165) is 5.56 Å². The summed E-state index contributed by atoms with van der Waals surface area (Å²) in [7, 11) is -1.25. The Morgan fingerprint density at radius 3 is 2.86 bits per heavy atom. The lowest BCUT2D eigenvalue weighted by atomic mass is 10.0. The first-order valence-electron chi connectivity index (χ1n) is 6.74. The summed E-state index contributed by atoms with van der Waals surface area (Å²) in [6.45, 7) is 1.75. The minimum atomic E-state index is -3.06. The normalized spacial score (nSPS) is 23.5. The number of aryl methyl sites for hydroxylation is 1. The number of amides is 1. The highest BCUT2D eigenvalue weighted by atomic mass is 32.2. The molecule has 9 heteroatoms. The van der Waals surface area contributed by atoms with Crippen LogP contribution >= 0.6 is 11.3 Å². The fourth-order valence-corrected chi connectivity index (χ4v) is 5.36. The molecule has 0 radical (unpaired) electrons. The van der Waals surface area contributed by atoms with Crippen LogP contribution in [0.2, 0.25) is 0 Å². The molecule has 0 aromatic carbocycles. The fourth-order valence-electron chi connectivity index (χ4n) is 2.49. The van der Waals surface area contributed by atoms with E-state index in [1.165, 1.54) is 11.3 Å². The minimum absolute atomic E-state index is 0.0225. The summed E-state index contributed by atoms with van der Waals surface area (Å²) in [6.07, 6.45) is 3.94. The Morgan fingerprint density at radius 2 is 2.27 bits per heavy atom. The van der Waals surface area contributed by atoms with Crippen molar-refractivity contribution in [3.8, 4) is 10.6 Å². The molecular formula is C13H16N4O3S2. The summed E-state index contributed by atoms with van der Waals surface area (Å²) >= 11 is 1.36. The number of rotatable bonds is 3. The molecule has 3 rings (SSSR count). The second kappa shape index (κ2) is 5.17. The number of sulfone groups is 1. The molecule has 2 aromatic rings. The van der Waals surface area contributed by atoms with Gasteiger partial charge in [-0.25, -0.2) is 13.4 Å². The number of thiazole rings is 1. The highest BCUT2D eigenvalue weighted by molar-refractivity contribution is 7.91. The first-order valence-corrected chi connectivity index (χ1v) is 9.44. The predicted octanol–water partition coefficient (Wildman–Crippen LogP) is 0.851. The lowest BCUT2D eigenvalue weighted by Gasteiger charge is -2.23. The van der Waals surface area contributed by atoms with Crippen molar-refractivity contribution < 1.29 is 13.2 Å². The molecule has 118 valence electrons. The molecule has 0 spiro atoms. The molecule has 1 atom stereocenters. The van der Waals surface area contributed by atoms with Gasteiger partial charge in [-0.1, -0.05) is 0 Å². The highest BCUT2D eigenvalue weighted by Gasteiger charge is 2.39. The molecule has 1 unspecified atom stereocenters. The maximum atomic E-state index is 12.3. The molecule has 1 fully saturated rings. The monoisotopic (exact) mass is 340 g/mol. The van der Waals surface area contributed by atoms with Gasteiger partial charge in [0.15, 0.2) is 9.84 Å². The number of nitrogens with zero attached hydrogens (tertiary/aromatic N) is 3. The molecule has 0 saturated carbocycles. The zero-order valence-electron chi connectivity index (χ0n) is 12.2. The molecule has 22 heavy (non-hydrogen) atoms. The Hall–Kier alpha value is -1.74. The Kier molecular flexibility index (Phi) is 3.56. The fraction of sp³-hybridized carbons (Fsp3) is 0.462. The van der Waals surface area contributed by atoms with Crippen LogP contribution < -0.4 is 5.32 Å². The molecule has 1 aliphatic rings. The van der Waals surface area contributed by atoms with E-state index < -0.39 is 15.4 Å². The van der Waals surface area contributed by atoms with Gasteiger partial charge in [-0.05, 0) is 13.3 Å². The maximum Gasteiger partial charge on any atom is 0.271 e. The van der Waals surface area contributed by atoms with Crippen molar-refractivity contribution >= 4 is 27.1 Å². The van der Waals surface area contributed by atoms with Crippen molar-refractivity contribution in [2.75, 3.05) is 11.5 Å². The van der Waals surface area contributed by atoms with Gasteiger partial charge in [0.05, 0.1) is 23.2 Å². The van der Waals surface area contributed by atoms with Crippen LogP contribution in [0.25, 0.3) is 10.6 Å². The van der Waals surface area contributed by atoms with E-state index in [9.17, 15) is 13.2 Å². The molecule has 0 aliphatic carbocycles. The smallest absolute Gasteiger partial charge is 0.271 e. The van der Waals surface area contributed by atoms with Crippen molar-refractivity contribution in [1.29, 1.82) is 0 Å². The van der Waals surface area contributed by atoms with E-state index in [4.69, 9.17) is 0 Å². The number of hydrogen-bond acceptors (Lipinski definition) is 6. The summed E-state index contributed by atoms with van der Waals surface area (Å²) < 4.78 is 24.8. The molecular weight excluding hydrogens is 324 g/mol. The zero-order valence-corrected chi connectivity index (χ0v) is 13.9. The average Bonchev–Trinajstić information content (AvgIpc) is 3.08. The van der Waals surface area contributed by atoms with Crippen LogP contribution in [0, 0.1) is 0 Å². The van der Waals surface area contributed by atoms with Gasteiger partial charge in [0.25, 0.3) is 5.91 Å². The third-order valence-electron chi connectivity index (χ3n) is 3.61. The van der Waals surface area contributed by atoms with Crippen LogP contribution in [0.3, 0.4) is 0 Å². The first kappa shape index (κ1) is 15.2. The van der Waals surface area contributed by atoms with E-state index in [1.807, 2.05) is 13.2 Å². The summed E-state index contributed by atoms with van der Waals surface area (Å²) in [5, 5.41) is 9.26. The third kappa shape index (κ3) is 3.05. The largest absolute Gasteiger partial charge is 0.344 e. The minimum Gasteiger partial charge on any atom is -0.344 e. The Balaban J connectivity index is 1.75. The van der Waals surface area contributed by atoms with Gasteiger partial charge in [0.1, 0.15) is 10.7 Å². The molecule has 2 aromatic heterocycles. The van der Waals surface area contributed by atoms with Crippen molar-refractivity contribution in [3.63, 3.8) is 0 Å². The van der Waals surface area contributed by atoms with Gasteiger partial charge in [0, 0.05) is 24.2 Å². The van der Waals surface area contributed by atoms with Crippen molar-refractivity contribution in [2.24, 2.45) is 7.05 Å². The van der Waals surface area contributed by atoms with Crippen molar-refractivity contribution in [3.05, 3.63) is 23.5 Å². The van der Waals surface area contributed by atoms with Crippen LogP contribution in [-0.2, 0) is 16.9 Å². The molecule has 1 aliphatic heterocycles. The standard InChI is InChI=1S/C13H16N4O3S2/c1-13(3-4-22(19,20)8-13)16-11(18)10-7-21-12(15-10)9-5-14-17(2)6-9/h5-7H,3-4,8H2,1-2H3,(H,16,18). The number of carbonyl (C=O) groups is 1. The zero-order chi connectivity index (χ0) is 16.0. The molecule has 1 N–H and O–H groups in total. The van der Waals surface area contributed by atoms with Crippen LogP contribution in [0.15, 0.2) is 17.8 Å². The van der Waals surface area contributed by atoms with Gasteiger partial charge in [-0.3, -0.25) is 9.48 Å². The second-order valence-corrected chi connectivity index (χ2v) is 8.84. The summed E-state index contributed by atoms with van der Waals surface area (Å²) in [6, 6.07) is 0.